The summed E-state index contributed by atoms with van der Waals surface area (Å²) < 4.78 is 8.30. The maximum absolute atomic E-state index is 12.7. The zero-order chi connectivity index (χ0) is 20.5. The van der Waals surface area contributed by atoms with Crippen LogP contribution in [0.4, 0.5) is 5.82 Å². The van der Waals surface area contributed by atoms with E-state index in [4.69, 9.17) is 10.5 Å². The van der Waals surface area contributed by atoms with Crippen LogP contribution in [0.5, 0.6) is 5.75 Å². The highest BCUT2D eigenvalue weighted by Crippen LogP contribution is 2.35. The Morgan fingerprint density at radius 2 is 2.03 bits per heavy atom. The number of ketones is 1. The monoisotopic (exact) mass is 413 g/mol. The van der Waals surface area contributed by atoms with Gasteiger partial charge in [0.25, 0.3) is 5.56 Å². The molecule has 0 saturated heterocycles. The number of aromatic nitrogens is 4. The minimum atomic E-state index is -0.756. The average Bonchev–Trinajstić information content (AvgIpc) is 3.42. The standard InChI is InChI=1S/C19H19N5O4S/c1-28-13-6-4-11(5-7-13)23-9-8-21-19(23)29-10-14(25)15-16(20)24(12-2-3-12)18(27)22-17(15)26/h4-9,12H,2-3,10,20H2,1H3,(H,22,26,27). The van der Waals surface area contributed by atoms with E-state index in [0.29, 0.717) is 5.16 Å². The van der Waals surface area contributed by atoms with Crippen molar-refractivity contribution in [3.63, 3.8) is 0 Å². The lowest BCUT2D eigenvalue weighted by atomic mass is 10.2. The van der Waals surface area contributed by atoms with Crippen LogP contribution >= 0.6 is 11.8 Å². The summed E-state index contributed by atoms with van der Waals surface area (Å²) in [5.41, 5.74) is 5.36. The van der Waals surface area contributed by atoms with Crippen LogP contribution in [0.15, 0.2) is 51.4 Å². The number of carbonyl (C=O) groups is 1. The van der Waals surface area contributed by atoms with Crippen molar-refractivity contribution in [2.24, 2.45) is 0 Å². The van der Waals surface area contributed by atoms with Gasteiger partial charge >= 0.3 is 5.69 Å². The Kier molecular flexibility index (Phi) is 5.01. The number of hydrogen-bond donors (Lipinski definition) is 2. The Labute approximate surface area is 169 Å². The second-order valence-electron chi connectivity index (χ2n) is 6.61. The molecule has 0 amide bonds. The number of aromatic amines is 1. The number of methoxy groups -OCH3 is 1. The highest BCUT2D eigenvalue weighted by molar-refractivity contribution is 7.99. The number of anilines is 1. The summed E-state index contributed by atoms with van der Waals surface area (Å²) in [5.74, 6) is 0.181. The number of hydrogen-bond acceptors (Lipinski definition) is 7. The van der Waals surface area contributed by atoms with Gasteiger partial charge in [-0.15, -0.1) is 0 Å². The van der Waals surface area contributed by atoms with Gasteiger partial charge in [-0.1, -0.05) is 11.8 Å². The highest BCUT2D eigenvalue weighted by atomic mass is 32.2. The molecule has 0 atom stereocenters. The third-order valence-corrected chi connectivity index (χ3v) is 5.63. The van der Waals surface area contributed by atoms with E-state index in [1.165, 1.54) is 16.3 Å². The van der Waals surface area contributed by atoms with E-state index in [1.54, 1.807) is 19.5 Å². The molecule has 150 valence electrons. The van der Waals surface area contributed by atoms with Gasteiger partial charge in [0.2, 0.25) is 0 Å². The molecule has 0 radical (unpaired) electrons. The van der Waals surface area contributed by atoms with Gasteiger partial charge < -0.3 is 10.5 Å². The summed E-state index contributed by atoms with van der Waals surface area (Å²) in [5, 5.41) is 0.592. The van der Waals surface area contributed by atoms with Crippen molar-refractivity contribution < 1.29 is 9.53 Å². The van der Waals surface area contributed by atoms with Gasteiger partial charge in [-0.2, -0.15) is 0 Å². The molecule has 2 heterocycles. The molecule has 1 aromatic carbocycles. The lowest BCUT2D eigenvalue weighted by molar-refractivity contribution is 0.102. The van der Waals surface area contributed by atoms with Gasteiger partial charge in [-0.05, 0) is 37.1 Å². The Hall–Kier alpha value is -3.27. The molecule has 0 spiro atoms. The van der Waals surface area contributed by atoms with E-state index < -0.39 is 17.0 Å². The summed E-state index contributed by atoms with van der Waals surface area (Å²) in [4.78, 5) is 43.4. The Morgan fingerprint density at radius 3 is 2.69 bits per heavy atom. The Bertz CT molecular complexity index is 1170. The van der Waals surface area contributed by atoms with Crippen LogP contribution in [-0.4, -0.2) is 37.7 Å². The number of ether oxygens (including phenoxy) is 1. The minimum Gasteiger partial charge on any atom is -0.497 e. The third kappa shape index (κ3) is 3.70. The number of imidazole rings is 1. The van der Waals surface area contributed by atoms with Crippen LogP contribution in [-0.2, 0) is 0 Å². The van der Waals surface area contributed by atoms with Crippen molar-refractivity contribution in [3.8, 4) is 11.4 Å². The molecule has 1 aliphatic rings. The smallest absolute Gasteiger partial charge is 0.330 e. The fourth-order valence-electron chi connectivity index (χ4n) is 3.07. The molecule has 10 heteroatoms. The van der Waals surface area contributed by atoms with Crippen LogP contribution in [0, 0.1) is 0 Å². The van der Waals surface area contributed by atoms with E-state index in [1.807, 2.05) is 28.8 Å². The molecule has 0 unspecified atom stereocenters. The Balaban J connectivity index is 1.56. The lowest BCUT2D eigenvalue weighted by Crippen LogP contribution is -2.36. The highest BCUT2D eigenvalue weighted by Gasteiger charge is 2.30. The maximum atomic E-state index is 12.7. The minimum absolute atomic E-state index is 0.0384. The first kappa shape index (κ1) is 19.1. The Morgan fingerprint density at radius 1 is 1.31 bits per heavy atom. The van der Waals surface area contributed by atoms with Crippen molar-refractivity contribution >= 4 is 23.4 Å². The zero-order valence-corrected chi connectivity index (χ0v) is 16.4. The molecule has 3 N–H and O–H groups in total. The van der Waals surface area contributed by atoms with Gasteiger partial charge in [-0.3, -0.25) is 23.7 Å². The van der Waals surface area contributed by atoms with Gasteiger partial charge in [0.05, 0.1) is 12.9 Å². The van der Waals surface area contributed by atoms with Crippen LogP contribution < -0.4 is 21.7 Å². The second-order valence-corrected chi connectivity index (χ2v) is 7.55. The molecule has 0 aliphatic heterocycles. The summed E-state index contributed by atoms with van der Waals surface area (Å²) in [6.45, 7) is 0. The first-order valence-corrected chi connectivity index (χ1v) is 9.96. The molecule has 29 heavy (non-hydrogen) atoms. The molecule has 0 bridgehead atoms. The number of H-pyrrole nitrogens is 1. The zero-order valence-electron chi connectivity index (χ0n) is 15.6. The number of benzene rings is 1. The van der Waals surface area contributed by atoms with Crippen LogP contribution in [0.25, 0.3) is 5.69 Å². The van der Waals surface area contributed by atoms with Gasteiger partial charge in [0.1, 0.15) is 17.1 Å². The molecule has 4 rings (SSSR count). The summed E-state index contributed by atoms with van der Waals surface area (Å²) in [7, 11) is 1.60. The van der Waals surface area contributed by atoms with E-state index in [9.17, 15) is 14.4 Å². The van der Waals surface area contributed by atoms with Crippen LogP contribution in [0.3, 0.4) is 0 Å². The number of nitrogen functional groups attached to an aromatic ring is 1. The third-order valence-electron chi connectivity index (χ3n) is 4.66. The van der Waals surface area contributed by atoms with Gasteiger partial charge in [0.15, 0.2) is 10.9 Å². The average molecular weight is 413 g/mol. The number of Topliss-reactive ketones (excluding diaryl/α,β-unsaturated/α-hetero) is 1. The number of rotatable bonds is 7. The van der Waals surface area contributed by atoms with E-state index in [0.717, 1.165) is 24.3 Å². The molecule has 9 nitrogen and oxygen atoms in total. The first-order chi connectivity index (χ1) is 14.0. The van der Waals surface area contributed by atoms with E-state index >= 15 is 0 Å². The molecule has 3 aromatic rings. The number of nitrogens with one attached hydrogen (secondary N) is 1. The van der Waals surface area contributed by atoms with Gasteiger partial charge in [-0.25, -0.2) is 9.78 Å². The molecule has 1 saturated carbocycles. The molecular weight excluding hydrogens is 394 g/mol. The molecule has 1 aliphatic carbocycles. The normalized spacial score (nSPS) is 13.4. The van der Waals surface area contributed by atoms with Crippen molar-refractivity contribution in [3.05, 3.63) is 63.1 Å². The van der Waals surface area contributed by atoms with Crippen molar-refractivity contribution in [1.82, 2.24) is 19.1 Å². The maximum Gasteiger partial charge on any atom is 0.330 e. The topological polar surface area (TPSA) is 125 Å². The van der Waals surface area contributed by atoms with Crippen LogP contribution in [0.1, 0.15) is 29.2 Å². The summed E-state index contributed by atoms with van der Waals surface area (Å²) in [6.07, 6.45) is 5.02. The fourth-order valence-corrected chi connectivity index (χ4v) is 3.91. The largest absolute Gasteiger partial charge is 0.497 e. The predicted molar refractivity (Wildman–Crippen MR) is 109 cm³/mol. The molecular formula is C19H19N5O4S. The number of nitrogens with two attached hydrogens (primary N) is 1. The van der Waals surface area contributed by atoms with E-state index in [-0.39, 0.29) is 23.2 Å². The number of thioether (sulfide) groups is 1. The first-order valence-electron chi connectivity index (χ1n) is 8.97. The number of nitrogens with zero attached hydrogens (tertiary/aromatic N) is 3. The fraction of sp³-hybridized carbons (Fsp3) is 0.263. The predicted octanol–water partition coefficient (Wildman–Crippen LogP) is 1.62. The quantitative estimate of drug-likeness (QED) is 0.445. The molecule has 2 aromatic heterocycles. The SMILES string of the molecule is COc1ccc(-n2ccnc2SCC(=O)c2c(N)n(C3CC3)c(=O)[nH]c2=O)cc1. The molecule has 1 fully saturated rings. The van der Waals surface area contributed by atoms with Crippen molar-refractivity contribution in [1.29, 1.82) is 0 Å². The summed E-state index contributed by atoms with van der Waals surface area (Å²) in [6, 6.07) is 7.36. The van der Waals surface area contributed by atoms with Gasteiger partial charge in [0, 0.05) is 24.1 Å². The second kappa shape index (κ2) is 7.63. The van der Waals surface area contributed by atoms with Crippen molar-refractivity contribution in [2.45, 2.75) is 24.0 Å². The lowest BCUT2D eigenvalue weighted by Gasteiger charge is -2.11. The number of carbonyl (C=O) groups excluding carboxylic acids is 1. The summed E-state index contributed by atoms with van der Waals surface area (Å²) >= 11 is 1.19. The van der Waals surface area contributed by atoms with Crippen LogP contribution in [0.2, 0.25) is 0 Å². The van der Waals surface area contributed by atoms with E-state index in [2.05, 4.69) is 9.97 Å². The van der Waals surface area contributed by atoms with Crippen molar-refractivity contribution in [2.75, 3.05) is 18.6 Å².